The quantitative estimate of drug-likeness (QED) is 0.571. The van der Waals surface area contributed by atoms with Crippen molar-refractivity contribution in [1.82, 2.24) is 4.31 Å². The van der Waals surface area contributed by atoms with Crippen LogP contribution >= 0.6 is 0 Å². The molecule has 2 aromatic rings. The molecule has 23 heavy (non-hydrogen) atoms. The Hall–Kier alpha value is -2.19. The van der Waals surface area contributed by atoms with E-state index in [9.17, 15) is 18.5 Å². The lowest BCUT2D eigenvalue weighted by Crippen LogP contribution is -2.29. The van der Waals surface area contributed by atoms with Crippen LogP contribution in [0, 0.1) is 17.0 Å². The van der Waals surface area contributed by atoms with E-state index in [4.69, 9.17) is 4.42 Å². The van der Waals surface area contributed by atoms with Gasteiger partial charge in [-0.05, 0) is 25.0 Å². The fraction of sp³-hybridized carbons (Fsp3) is 0.333. The second-order valence-corrected chi connectivity index (χ2v) is 7.44. The number of nitro groups is 1. The van der Waals surface area contributed by atoms with Crippen LogP contribution in [-0.2, 0) is 23.0 Å². The molecule has 8 heteroatoms. The van der Waals surface area contributed by atoms with E-state index in [0.717, 1.165) is 11.1 Å². The largest absolute Gasteiger partial charge is 0.469 e. The van der Waals surface area contributed by atoms with Crippen LogP contribution in [0.5, 0.6) is 0 Å². The summed E-state index contributed by atoms with van der Waals surface area (Å²) >= 11 is 0. The molecule has 0 aliphatic carbocycles. The molecule has 1 heterocycles. The van der Waals surface area contributed by atoms with Crippen molar-refractivity contribution in [3.05, 3.63) is 63.6 Å². The van der Waals surface area contributed by atoms with Crippen molar-refractivity contribution in [1.29, 1.82) is 0 Å². The van der Waals surface area contributed by atoms with Crippen molar-refractivity contribution in [2.24, 2.45) is 0 Å². The fourth-order valence-electron chi connectivity index (χ4n) is 2.10. The minimum Gasteiger partial charge on any atom is -0.469 e. The normalized spacial score (nSPS) is 11.8. The first-order chi connectivity index (χ1) is 10.8. The topological polar surface area (TPSA) is 93.7 Å². The number of nitrogens with zero attached hydrogens (tertiary/aromatic N) is 2. The first-order valence-corrected chi connectivity index (χ1v) is 8.61. The summed E-state index contributed by atoms with van der Waals surface area (Å²) in [6.45, 7) is 2.04. The van der Waals surface area contributed by atoms with Gasteiger partial charge in [-0.2, -0.15) is 0 Å². The molecule has 1 aromatic heterocycles. The first-order valence-electron chi connectivity index (χ1n) is 7.00. The van der Waals surface area contributed by atoms with Crippen LogP contribution in [0.3, 0.4) is 0 Å². The third-order valence-corrected chi connectivity index (χ3v) is 5.43. The van der Waals surface area contributed by atoms with Gasteiger partial charge in [0.15, 0.2) is 0 Å². The van der Waals surface area contributed by atoms with Gasteiger partial charge >= 0.3 is 0 Å². The molecule has 124 valence electrons. The summed E-state index contributed by atoms with van der Waals surface area (Å²) in [7, 11) is -1.89. The number of furan rings is 1. The molecule has 0 fully saturated rings. The number of nitro benzene ring substituents is 1. The molecule has 2 rings (SSSR count). The van der Waals surface area contributed by atoms with Crippen molar-refractivity contribution in [2.45, 2.75) is 19.9 Å². The molecule has 0 aliphatic heterocycles. The minimum absolute atomic E-state index is 0.0100. The Balaban J connectivity index is 1.97. The number of hydrogen-bond acceptors (Lipinski definition) is 5. The van der Waals surface area contributed by atoms with Gasteiger partial charge in [-0.25, -0.2) is 12.7 Å². The van der Waals surface area contributed by atoms with E-state index in [1.807, 2.05) is 0 Å². The smallest absolute Gasteiger partial charge is 0.269 e. The second kappa shape index (κ2) is 6.93. The van der Waals surface area contributed by atoms with Crippen LogP contribution in [0.25, 0.3) is 0 Å². The standard InChI is InChI=1S/C15H18N2O5S/c1-12-14(7-9-22-12)11-16(2)23(20,21)10-8-13-3-5-15(6-4-13)17(18)19/h3-7,9H,8,10-11H2,1-2H3. The van der Waals surface area contributed by atoms with Crippen molar-refractivity contribution in [2.75, 3.05) is 12.8 Å². The summed E-state index contributed by atoms with van der Waals surface area (Å²) < 4.78 is 31.1. The van der Waals surface area contributed by atoms with Gasteiger partial charge in [-0.3, -0.25) is 10.1 Å². The number of aryl methyl sites for hydroxylation is 2. The summed E-state index contributed by atoms with van der Waals surface area (Å²) in [5.74, 6) is 0.639. The van der Waals surface area contributed by atoms with Crippen molar-refractivity contribution in [3.8, 4) is 0 Å². The molecule has 0 amide bonds. The molecule has 0 saturated carbocycles. The van der Waals surface area contributed by atoms with Crippen molar-refractivity contribution >= 4 is 15.7 Å². The average Bonchev–Trinajstić information content (AvgIpc) is 2.91. The predicted octanol–water partition coefficient (Wildman–Crippen LogP) is 2.50. The molecule has 7 nitrogen and oxygen atoms in total. The number of hydrogen-bond donors (Lipinski definition) is 0. The van der Waals surface area contributed by atoms with Gasteiger partial charge in [-0.15, -0.1) is 0 Å². The van der Waals surface area contributed by atoms with Crippen LogP contribution in [0.1, 0.15) is 16.9 Å². The lowest BCUT2D eigenvalue weighted by Gasteiger charge is -2.16. The van der Waals surface area contributed by atoms with Crippen LogP contribution in [0.2, 0.25) is 0 Å². The molecule has 0 atom stereocenters. The van der Waals surface area contributed by atoms with E-state index in [-0.39, 0.29) is 18.0 Å². The number of benzene rings is 1. The molecule has 0 saturated heterocycles. The summed E-state index contributed by atoms with van der Waals surface area (Å²) in [4.78, 5) is 10.1. The summed E-state index contributed by atoms with van der Waals surface area (Å²) in [5.41, 5.74) is 1.56. The van der Waals surface area contributed by atoms with E-state index in [1.54, 1.807) is 25.1 Å². The van der Waals surface area contributed by atoms with Crippen LogP contribution < -0.4 is 0 Å². The highest BCUT2D eigenvalue weighted by molar-refractivity contribution is 7.89. The molecular formula is C15H18N2O5S. The monoisotopic (exact) mass is 338 g/mol. The predicted molar refractivity (Wildman–Crippen MR) is 85.5 cm³/mol. The molecular weight excluding hydrogens is 320 g/mol. The Morgan fingerprint density at radius 1 is 1.22 bits per heavy atom. The summed E-state index contributed by atoms with van der Waals surface area (Å²) in [6.07, 6.45) is 1.83. The van der Waals surface area contributed by atoms with E-state index in [0.29, 0.717) is 12.2 Å². The molecule has 0 radical (unpaired) electrons. The molecule has 0 N–H and O–H groups in total. The maximum Gasteiger partial charge on any atom is 0.269 e. The zero-order valence-electron chi connectivity index (χ0n) is 12.9. The van der Waals surface area contributed by atoms with Gasteiger partial charge in [0.25, 0.3) is 5.69 Å². The Labute approximate surface area is 134 Å². The van der Waals surface area contributed by atoms with Gasteiger partial charge in [0, 0.05) is 31.3 Å². The Bertz CT molecular complexity index is 780. The van der Waals surface area contributed by atoms with Crippen LogP contribution in [-0.4, -0.2) is 30.4 Å². The maximum absolute atomic E-state index is 12.3. The second-order valence-electron chi connectivity index (χ2n) is 5.25. The van der Waals surface area contributed by atoms with Crippen LogP contribution in [0.4, 0.5) is 5.69 Å². The first kappa shape index (κ1) is 17.2. The Morgan fingerprint density at radius 3 is 2.39 bits per heavy atom. The number of sulfonamides is 1. The zero-order chi connectivity index (χ0) is 17.0. The van der Waals surface area contributed by atoms with E-state index in [2.05, 4.69) is 0 Å². The molecule has 0 aliphatic rings. The van der Waals surface area contributed by atoms with Crippen molar-refractivity contribution in [3.63, 3.8) is 0 Å². The highest BCUT2D eigenvalue weighted by atomic mass is 32.2. The highest BCUT2D eigenvalue weighted by Gasteiger charge is 2.19. The average molecular weight is 338 g/mol. The van der Waals surface area contributed by atoms with Crippen LogP contribution in [0.15, 0.2) is 41.0 Å². The third-order valence-electron chi connectivity index (χ3n) is 3.63. The number of non-ortho nitro benzene ring substituents is 1. The fourth-order valence-corrected chi connectivity index (χ4v) is 3.24. The lowest BCUT2D eigenvalue weighted by atomic mass is 10.1. The van der Waals surface area contributed by atoms with Crippen molar-refractivity contribution < 1.29 is 17.8 Å². The molecule has 0 spiro atoms. The molecule has 0 bridgehead atoms. The summed E-state index contributed by atoms with van der Waals surface area (Å²) in [5, 5.41) is 10.6. The zero-order valence-corrected chi connectivity index (χ0v) is 13.7. The van der Waals surface area contributed by atoms with E-state index < -0.39 is 14.9 Å². The van der Waals surface area contributed by atoms with E-state index >= 15 is 0 Å². The Morgan fingerprint density at radius 2 is 1.87 bits per heavy atom. The van der Waals surface area contributed by atoms with Gasteiger partial charge in [0.05, 0.1) is 16.9 Å². The molecule has 1 aromatic carbocycles. The van der Waals surface area contributed by atoms with Gasteiger partial charge in [-0.1, -0.05) is 12.1 Å². The molecule has 0 unspecified atom stereocenters. The summed E-state index contributed by atoms with van der Waals surface area (Å²) in [6, 6.07) is 7.65. The highest BCUT2D eigenvalue weighted by Crippen LogP contribution is 2.16. The van der Waals surface area contributed by atoms with Gasteiger partial charge in [0.1, 0.15) is 5.76 Å². The lowest BCUT2D eigenvalue weighted by molar-refractivity contribution is -0.384. The van der Waals surface area contributed by atoms with Gasteiger partial charge in [0.2, 0.25) is 10.0 Å². The Kier molecular flexibility index (Phi) is 5.17. The SMILES string of the molecule is Cc1occc1CN(C)S(=O)(=O)CCc1ccc([N+](=O)[O-])cc1. The van der Waals surface area contributed by atoms with E-state index in [1.165, 1.54) is 29.7 Å². The number of rotatable bonds is 7. The minimum atomic E-state index is -3.42. The third kappa shape index (κ3) is 4.40. The maximum atomic E-state index is 12.3. The van der Waals surface area contributed by atoms with Gasteiger partial charge < -0.3 is 4.42 Å².